The zero-order chi connectivity index (χ0) is 8.72. The normalized spacial score (nSPS) is 14.4. The van der Waals surface area contributed by atoms with Gasteiger partial charge in [0.05, 0.1) is 11.1 Å². The van der Waals surface area contributed by atoms with Crippen molar-refractivity contribution >= 4 is 27.9 Å². The number of cyclic esters (lactones) is 2. The second-order valence-corrected chi connectivity index (χ2v) is 3.19. The summed E-state index contributed by atoms with van der Waals surface area (Å²) in [6, 6.07) is 4.94. The Balaban J connectivity index is 2.75. The summed E-state index contributed by atoms with van der Waals surface area (Å²) >= 11 is 3.16. The van der Waals surface area contributed by atoms with Gasteiger partial charge >= 0.3 is 11.9 Å². The van der Waals surface area contributed by atoms with Gasteiger partial charge in [-0.3, -0.25) is 0 Å². The molecule has 0 spiro atoms. The summed E-state index contributed by atoms with van der Waals surface area (Å²) in [7, 11) is 0. The summed E-state index contributed by atoms with van der Waals surface area (Å²) in [6.07, 6.45) is 0. The van der Waals surface area contributed by atoms with Crippen LogP contribution in [-0.4, -0.2) is 11.9 Å². The second kappa shape index (κ2) is 2.42. The lowest BCUT2D eigenvalue weighted by molar-refractivity contribution is 0.0443. The highest BCUT2D eigenvalue weighted by Crippen LogP contribution is 2.26. The maximum Gasteiger partial charge on any atom is 0.348 e. The lowest BCUT2D eigenvalue weighted by Gasteiger charge is -1.93. The average Bonchev–Trinajstić information content (AvgIpc) is 2.29. The molecule has 2 rings (SSSR count). The molecule has 0 amide bonds. The Morgan fingerprint density at radius 2 is 1.92 bits per heavy atom. The highest BCUT2D eigenvalue weighted by Gasteiger charge is 2.31. The highest BCUT2D eigenvalue weighted by molar-refractivity contribution is 9.10. The number of benzene rings is 1. The van der Waals surface area contributed by atoms with Gasteiger partial charge in [-0.05, 0) is 28.1 Å². The smallest absolute Gasteiger partial charge is 0.348 e. The van der Waals surface area contributed by atoms with Gasteiger partial charge < -0.3 is 4.74 Å². The summed E-state index contributed by atoms with van der Waals surface area (Å²) in [6.45, 7) is 0. The van der Waals surface area contributed by atoms with Crippen LogP contribution in [0.1, 0.15) is 20.7 Å². The SMILES string of the molecule is O=C1OC(=O)c2c(Br)cccc21. The first-order valence-corrected chi connectivity index (χ1v) is 4.04. The van der Waals surface area contributed by atoms with Crippen LogP contribution in [0.3, 0.4) is 0 Å². The van der Waals surface area contributed by atoms with Crippen LogP contribution in [0.2, 0.25) is 0 Å². The van der Waals surface area contributed by atoms with Crippen molar-refractivity contribution in [2.45, 2.75) is 0 Å². The van der Waals surface area contributed by atoms with Gasteiger partial charge in [-0.1, -0.05) is 6.07 Å². The van der Waals surface area contributed by atoms with Crippen LogP contribution in [0.5, 0.6) is 0 Å². The fraction of sp³-hybridized carbons (Fsp3) is 0. The lowest BCUT2D eigenvalue weighted by Crippen LogP contribution is -1.97. The molecular weight excluding hydrogens is 224 g/mol. The van der Waals surface area contributed by atoms with Crippen molar-refractivity contribution in [2.24, 2.45) is 0 Å². The number of halogens is 1. The van der Waals surface area contributed by atoms with E-state index in [-0.39, 0.29) is 0 Å². The van der Waals surface area contributed by atoms with Crippen molar-refractivity contribution in [1.29, 1.82) is 0 Å². The number of rotatable bonds is 0. The third kappa shape index (κ3) is 0.881. The Labute approximate surface area is 76.5 Å². The third-order valence-electron chi connectivity index (χ3n) is 1.62. The predicted molar refractivity (Wildman–Crippen MR) is 43.9 cm³/mol. The molecule has 60 valence electrons. The number of fused-ring (bicyclic) bond motifs is 1. The summed E-state index contributed by atoms with van der Waals surface area (Å²) in [5.74, 6) is -1.15. The zero-order valence-corrected chi connectivity index (χ0v) is 7.42. The van der Waals surface area contributed by atoms with Crippen LogP contribution in [0.25, 0.3) is 0 Å². The predicted octanol–water partition coefficient (Wildman–Crippen LogP) is 1.76. The van der Waals surface area contributed by atoms with Gasteiger partial charge in [-0.15, -0.1) is 0 Å². The molecule has 0 bridgehead atoms. The molecule has 1 aliphatic rings. The van der Waals surface area contributed by atoms with Crippen molar-refractivity contribution in [3.05, 3.63) is 33.8 Å². The minimum atomic E-state index is -0.581. The van der Waals surface area contributed by atoms with Crippen LogP contribution in [0, 0.1) is 0 Å². The van der Waals surface area contributed by atoms with Crippen molar-refractivity contribution in [2.75, 3.05) is 0 Å². The molecule has 1 aromatic rings. The van der Waals surface area contributed by atoms with E-state index in [1.807, 2.05) is 0 Å². The van der Waals surface area contributed by atoms with Crippen molar-refractivity contribution in [1.82, 2.24) is 0 Å². The molecule has 0 aliphatic carbocycles. The highest BCUT2D eigenvalue weighted by atomic mass is 79.9. The Morgan fingerprint density at radius 3 is 2.58 bits per heavy atom. The lowest BCUT2D eigenvalue weighted by atomic mass is 10.1. The molecule has 0 unspecified atom stereocenters. The monoisotopic (exact) mass is 226 g/mol. The molecule has 0 fully saturated rings. The third-order valence-corrected chi connectivity index (χ3v) is 2.28. The van der Waals surface area contributed by atoms with E-state index >= 15 is 0 Å². The minimum Gasteiger partial charge on any atom is -0.386 e. The second-order valence-electron chi connectivity index (χ2n) is 2.34. The molecule has 0 aromatic heterocycles. The molecule has 0 radical (unpaired) electrons. The van der Waals surface area contributed by atoms with Crippen LogP contribution in [-0.2, 0) is 4.74 Å². The molecule has 12 heavy (non-hydrogen) atoms. The summed E-state index contributed by atoms with van der Waals surface area (Å²) in [4.78, 5) is 22.0. The fourth-order valence-electron chi connectivity index (χ4n) is 1.09. The molecule has 1 aliphatic heterocycles. The number of hydrogen-bond acceptors (Lipinski definition) is 3. The number of ether oxygens (including phenoxy) is 1. The van der Waals surface area contributed by atoms with Crippen LogP contribution in [0.15, 0.2) is 22.7 Å². The maximum absolute atomic E-state index is 11.0. The molecule has 0 saturated heterocycles. The number of carbonyl (C=O) groups is 2. The van der Waals surface area contributed by atoms with E-state index in [9.17, 15) is 9.59 Å². The van der Waals surface area contributed by atoms with Gasteiger partial charge in [-0.25, -0.2) is 9.59 Å². The van der Waals surface area contributed by atoms with Crippen LogP contribution < -0.4 is 0 Å². The average molecular weight is 227 g/mol. The fourth-order valence-corrected chi connectivity index (χ4v) is 1.62. The molecule has 0 saturated carbocycles. The van der Waals surface area contributed by atoms with E-state index in [0.717, 1.165) is 0 Å². The molecule has 0 atom stereocenters. The number of carbonyl (C=O) groups excluding carboxylic acids is 2. The van der Waals surface area contributed by atoms with E-state index in [2.05, 4.69) is 20.7 Å². The molecule has 0 N–H and O–H groups in total. The first kappa shape index (κ1) is 7.49. The van der Waals surface area contributed by atoms with Gasteiger partial charge in [0.2, 0.25) is 0 Å². The van der Waals surface area contributed by atoms with E-state index in [4.69, 9.17) is 0 Å². The van der Waals surface area contributed by atoms with Crippen molar-refractivity contribution in [3.63, 3.8) is 0 Å². The van der Waals surface area contributed by atoms with Gasteiger partial charge in [0.25, 0.3) is 0 Å². The molecule has 4 heteroatoms. The van der Waals surface area contributed by atoms with Gasteiger partial charge in [0.15, 0.2) is 0 Å². The Hall–Kier alpha value is -1.16. The standard InChI is InChI=1S/C8H3BrO3/c9-5-3-1-2-4-6(5)8(11)12-7(4)10/h1-3H. The van der Waals surface area contributed by atoms with Crippen LogP contribution >= 0.6 is 15.9 Å². The molecule has 3 nitrogen and oxygen atoms in total. The topological polar surface area (TPSA) is 43.4 Å². The zero-order valence-electron chi connectivity index (χ0n) is 5.83. The van der Waals surface area contributed by atoms with Crippen molar-refractivity contribution in [3.8, 4) is 0 Å². The number of hydrogen-bond donors (Lipinski definition) is 0. The summed E-state index contributed by atoms with van der Waals surface area (Å²) in [5.41, 5.74) is 0.650. The molecular formula is C8H3BrO3. The quantitative estimate of drug-likeness (QED) is 0.501. The first-order chi connectivity index (χ1) is 5.70. The first-order valence-electron chi connectivity index (χ1n) is 3.25. The molecule has 1 aromatic carbocycles. The number of esters is 2. The minimum absolute atomic E-state index is 0.322. The molecule has 1 heterocycles. The van der Waals surface area contributed by atoms with Crippen LogP contribution in [0.4, 0.5) is 0 Å². The van der Waals surface area contributed by atoms with Gasteiger partial charge in [0, 0.05) is 4.47 Å². The van der Waals surface area contributed by atoms with E-state index in [1.165, 1.54) is 0 Å². The van der Waals surface area contributed by atoms with E-state index in [1.54, 1.807) is 18.2 Å². The van der Waals surface area contributed by atoms with Gasteiger partial charge in [-0.2, -0.15) is 0 Å². The maximum atomic E-state index is 11.0. The Morgan fingerprint density at radius 1 is 1.17 bits per heavy atom. The van der Waals surface area contributed by atoms with Crippen molar-refractivity contribution < 1.29 is 14.3 Å². The van der Waals surface area contributed by atoms with E-state index in [0.29, 0.717) is 15.6 Å². The van der Waals surface area contributed by atoms with E-state index < -0.39 is 11.9 Å². The largest absolute Gasteiger partial charge is 0.386 e. The van der Waals surface area contributed by atoms with Gasteiger partial charge in [0.1, 0.15) is 0 Å². The Kier molecular flexibility index (Phi) is 1.51. The summed E-state index contributed by atoms with van der Waals surface area (Å²) in [5, 5.41) is 0. The Bertz CT molecular complexity index is 384. The summed E-state index contributed by atoms with van der Waals surface area (Å²) < 4.78 is 5.00.